The van der Waals surface area contributed by atoms with Gasteiger partial charge >= 0.3 is 0 Å². The average Bonchev–Trinajstić information content (AvgIpc) is 2.30. The van der Waals surface area contributed by atoms with Crippen LogP contribution in [0.3, 0.4) is 0 Å². The molecule has 0 aromatic heterocycles. The molecule has 1 rings (SSSR count). The maximum absolute atomic E-state index is 11.9. The lowest BCUT2D eigenvalue weighted by molar-refractivity contribution is 0.0935. The number of amides is 1. The van der Waals surface area contributed by atoms with E-state index in [4.69, 9.17) is 11.6 Å². The maximum atomic E-state index is 11.9. The van der Waals surface area contributed by atoms with Gasteiger partial charge in [0.1, 0.15) is 5.75 Å². The standard InChI is InChI=1S/C13H17ClINO2/c1-13(2,5-6-14)8-16-12(18)9-3-4-10(15)11(17)7-9/h3-4,7,17H,5-6,8H2,1-2H3,(H,16,18). The molecule has 0 aliphatic carbocycles. The highest BCUT2D eigenvalue weighted by atomic mass is 127. The van der Waals surface area contributed by atoms with Crippen LogP contribution < -0.4 is 5.32 Å². The molecular weight excluding hydrogens is 365 g/mol. The third kappa shape index (κ3) is 4.65. The Bertz CT molecular complexity index is 435. The molecule has 0 unspecified atom stereocenters. The van der Waals surface area contributed by atoms with Crippen molar-refractivity contribution in [1.29, 1.82) is 0 Å². The van der Waals surface area contributed by atoms with Crippen molar-refractivity contribution >= 4 is 40.1 Å². The zero-order valence-electron chi connectivity index (χ0n) is 10.5. The number of phenolic OH excluding ortho intramolecular Hbond substituents is 1. The lowest BCUT2D eigenvalue weighted by atomic mass is 9.90. The molecule has 0 bridgehead atoms. The second kappa shape index (κ2) is 6.61. The van der Waals surface area contributed by atoms with E-state index in [1.807, 2.05) is 22.6 Å². The smallest absolute Gasteiger partial charge is 0.251 e. The molecule has 0 aliphatic heterocycles. The summed E-state index contributed by atoms with van der Waals surface area (Å²) >= 11 is 7.72. The van der Waals surface area contributed by atoms with Crippen LogP contribution in [0, 0.1) is 8.99 Å². The van der Waals surface area contributed by atoms with E-state index in [1.165, 1.54) is 6.07 Å². The first kappa shape index (κ1) is 15.6. The molecular formula is C13H17ClINO2. The summed E-state index contributed by atoms with van der Waals surface area (Å²) in [5.74, 6) is 0.528. The van der Waals surface area contributed by atoms with Crippen molar-refractivity contribution in [2.24, 2.45) is 5.41 Å². The summed E-state index contributed by atoms with van der Waals surface area (Å²) in [5.41, 5.74) is 0.442. The number of benzene rings is 1. The summed E-state index contributed by atoms with van der Waals surface area (Å²) in [4.78, 5) is 11.9. The number of phenols is 1. The van der Waals surface area contributed by atoms with Crippen LogP contribution in [0.1, 0.15) is 30.6 Å². The molecule has 5 heteroatoms. The highest BCUT2D eigenvalue weighted by Crippen LogP contribution is 2.22. The van der Waals surface area contributed by atoms with Crippen LogP contribution in [0.25, 0.3) is 0 Å². The Labute approximate surface area is 126 Å². The van der Waals surface area contributed by atoms with E-state index in [9.17, 15) is 9.90 Å². The van der Waals surface area contributed by atoms with Gasteiger partial charge in [0, 0.05) is 18.0 Å². The molecule has 1 aromatic rings. The Morgan fingerprint density at radius 2 is 2.17 bits per heavy atom. The minimum Gasteiger partial charge on any atom is -0.507 e. The summed E-state index contributed by atoms with van der Waals surface area (Å²) in [5, 5.41) is 12.4. The zero-order chi connectivity index (χ0) is 13.8. The molecule has 0 spiro atoms. The predicted octanol–water partition coefficient (Wildman–Crippen LogP) is 3.38. The van der Waals surface area contributed by atoms with Crippen molar-refractivity contribution in [2.45, 2.75) is 20.3 Å². The van der Waals surface area contributed by atoms with E-state index in [2.05, 4.69) is 19.2 Å². The molecule has 1 aromatic carbocycles. The van der Waals surface area contributed by atoms with Crippen molar-refractivity contribution in [1.82, 2.24) is 5.32 Å². The topological polar surface area (TPSA) is 49.3 Å². The fourth-order valence-electron chi connectivity index (χ4n) is 1.42. The van der Waals surface area contributed by atoms with Gasteiger partial charge < -0.3 is 10.4 Å². The molecule has 0 radical (unpaired) electrons. The average molecular weight is 382 g/mol. The van der Waals surface area contributed by atoms with Crippen LogP contribution in [0.2, 0.25) is 0 Å². The SMILES string of the molecule is CC(C)(CCCl)CNC(=O)c1ccc(I)c(O)c1. The molecule has 0 saturated heterocycles. The molecule has 1 amide bonds. The number of hydrogen-bond acceptors (Lipinski definition) is 2. The summed E-state index contributed by atoms with van der Waals surface area (Å²) in [6.07, 6.45) is 0.840. The number of alkyl halides is 1. The highest BCUT2D eigenvalue weighted by molar-refractivity contribution is 14.1. The first-order chi connectivity index (χ1) is 8.35. The second-order valence-electron chi connectivity index (χ2n) is 4.95. The summed E-state index contributed by atoms with van der Waals surface area (Å²) in [7, 11) is 0. The van der Waals surface area contributed by atoms with Gasteiger partial charge in [0.15, 0.2) is 0 Å². The minimum absolute atomic E-state index is 0.0251. The highest BCUT2D eigenvalue weighted by Gasteiger charge is 2.18. The van der Waals surface area contributed by atoms with Gasteiger partial charge in [-0.05, 0) is 52.6 Å². The van der Waals surface area contributed by atoms with Crippen molar-refractivity contribution in [3.63, 3.8) is 0 Å². The number of carbonyl (C=O) groups is 1. The molecule has 100 valence electrons. The third-order valence-corrected chi connectivity index (χ3v) is 3.81. The van der Waals surface area contributed by atoms with Crippen LogP contribution in [0.5, 0.6) is 5.75 Å². The van der Waals surface area contributed by atoms with Crippen LogP contribution in [-0.2, 0) is 0 Å². The van der Waals surface area contributed by atoms with E-state index in [-0.39, 0.29) is 17.1 Å². The second-order valence-corrected chi connectivity index (χ2v) is 6.49. The van der Waals surface area contributed by atoms with Gasteiger partial charge in [-0.3, -0.25) is 4.79 Å². The minimum atomic E-state index is -0.177. The normalized spacial score (nSPS) is 11.3. The van der Waals surface area contributed by atoms with Gasteiger partial charge in [-0.25, -0.2) is 0 Å². The van der Waals surface area contributed by atoms with E-state index >= 15 is 0 Å². The number of aromatic hydroxyl groups is 1. The van der Waals surface area contributed by atoms with Crippen LogP contribution >= 0.6 is 34.2 Å². The molecule has 0 atom stereocenters. The number of carbonyl (C=O) groups excluding carboxylic acids is 1. The molecule has 2 N–H and O–H groups in total. The Kier molecular flexibility index (Phi) is 5.72. The summed E-state index contributed by atoms with van der Waals surface area (Å²) in [6, 6.07) is 4.89. The number of halogens is 2. The van der Waals surface area contributed by atoms with Gasteiger partial charge in [0.05, 0.1) is 3.57 Å². The van der Waals surface area contributed by atoms with E-state index in [0.717, 1.165) is 9.99 Å². The molecule has 0 saturated carbocycles. The van der Waals surface area contributed by atoms with Crippen LogP contribution in [0.4, 0.5) is 0 Å². The van der Waals surface area contributed by atoms with Gasteiger partial charge in [0.25, 0.3) is 5.91 Å². The van der Waals surface area contributed by atoms with Crippen molar-refractivity contribution in [2.75, 3.05) is 12.4 Å². The molecule has 0 heterocycles. The Morgan fingerprint density at radius 3 is 2.72 bits per heavy atom. The van der Waals surface area contributed by atoms with Crippen LogP contribution in [0.15, 0.2) is 18.2 Å². The number of hydrogen-bond donors (Lipinski definition) is 2. The van der Waals surface area contributed by atoms with E-state index in [1.54, 1.807) is 12.1 Å². The third-order valence-electron chi connectivity index (χ3n) is 2.71. The Balaban J connectivity index is 2.63. The zero-order valence-corrected chi connectivity index (χ0v) is 13.4. The summed E-state index contributed by atoms with van der Waals surface area (Å²) in [6.45, 7) is 4.67. The number of rotatable bonds is 5. The fraction of sp³-hybridized carbons (Fsp3) is 0.462. The number of nitrogens with one attached hydrogen (secondary N) is 1. The predicted molar refractivity (Wildman–Crippen MR) is 82.3 cm³/mol. The maximum Gasteiger partial charge on any atom is 0.251 e. The monoisotopic (exact) mass is 381 g/mol. The fourth-order valence-corrected chi connectivity index (χ4v) is 2.27. The van der Waals surface area contributed by atoms with E-state index in [0.29, 0.717) is 18.0 Å². The van der Waals surface area contributed by atoms with E-state index < -0.39 is 0 Å². The lowest BCUT2D eigenvalue weighted by Gasteiger charge is -2.23. The summed E-state index contributed by atoms with van der Waals surface area (Å²) < 4.78 is 0.728. The first-order valence-electron chi connectivity index (χ1n) is 5.68. The Morgan fingerprint density at radius 1 is 1.50 bits per heavy atom. The largest absolute Gasteiger partial charge is 0.507 e. The first-order valence-corrected chi connectivity index (χ1v) is 7.30. The molecule has 0 aliphatic rings. The van der Waals surface area contributed by atoms with Gasteiger partial charge in [-0.2, -0.15) is 0 Å². The van der Waals surface area contributed by atoms with Gasteiger partial charge in [0.2, 0.25) is 0 Å². The van der Waals surface area contributed by atoms with Gasteiger partial charge in [-0.15, -0.1) is 11.6 Å². The molecule has 0 fully saturated rings. The lowest BCUT2D eigenvalue weighted by Crippen LogP contribution is -2.34. The van der Waals surface area contributed by atoms with Crippen molar-refractivity contribution in [3.8, 4) is 5.75 Å². The van der Waals surface area contributed by atoms with Crippen molar-refractivity contribution in [3.05, 3.63) is 27.3 Å². The quantitative estimate of drug-likeness (QED) is 0.607. The molecule has 18 heavy (non-hydrogen) atoms. The molecule has 3 nitrogen and oxygen atoms in total. The van der Waals surface area contributed by atoms with Crippen molar-refractivity contribution < 1.29 is 9.90 Å². The Hall–Kier alpha value is -0.490. The van der Waals surface area contributed by atoms with Crippen LogP contribution in [-0.4, -0.2) is 23.4 Å². The van der Waals surface area contributed by atoms with Gasteiger partial charge in [-0.1, -0.05) is 13.8 Å².